The lowest BCUT2D eigenvalue weighted by atomic mass is 10.0. The zero-order chi connectivity index (χ0) is 19.0. The van der Waals surface area contributed by atoms with Crippen molar-refractivity contribution in [2.24, 2.45) is 0 Å². The summed E-state index contributed by atoms with van der Waals surface area (Å²) >= 11 is 0. The van der Waals surface area contributed by atoms with E-state index in [1.807, 2.05) is 18.2 Å². The average molecular weight is 371 g/mol. The molecule has 26 heavy (non-hydrogen) atoms. The van der Waals surface area contributed by atoms with E-state index in [0.29, 0.717) is 23.5 Å². The first-order chi connectivity index (χ1) is 12.5. The number of carbonyl (C=O) groups is 1. The number of hydrogen-bond acceptors (Lipinski definition) is 3. The molecule has 0 unspecified atom stereocenters. The van der Waals surface area contributed by atoms with Crippen LogP contribution in [0.1, 0.15) is 43.1 Å². The van der Waals surface area contributed by atoms with Crippen molar-refractivity contribution in [2.45, 2.75) is 51.4 Å². The summed E-state index contributed by atoms with van der Waals surface area (Å²) in [5.41, 5.74) is 0.870. The first kappa shape index (κ1) is 20.2. The molecule has 2 aromatic carbocycles. The first-order valence-corrected chi connectivity index (χ1v) is 12.4. The van der Waals surface area contributed by atoms with Crippen molar-refractivity contribution in [3.63, 3.8) is 0 Å². The van der Waals surface area contributed by atoms with Gasteiger partial charge in [0.15, 0.2) is 5.78 Å². The number of carbonyl (C=O) groups excluding carboxylic acids is 1. The molecule has 2 aromatic rings. The summed E-state index contributed by atoms with van der Waals surface area (Å²) < 4.78 is 5.81. The highest BCUT2D eigenvalue weighted by atomic mass is 28.3. The highest BCUT2D eigenvalue weighted by Gasteiger charge is 2.25. The van der Waals surface area contributed by atoms with Gasteiger partial charge in [0.1, 0.15) is 11.5 Å². The Morgan fingerprint density at radius 3 is 2.23 bits per heavy atom. The van der Waals surface area contributed by atoms with Crippen LogP contribution in [0, 0.1) is 0 Å². The zero-order valence-electron chi connectivity index (χ0n) is 16.1. The molecule has 0 aliphatic heterocycles. The van der Waals surface area contributed by atoms with Crippen LogP contribution in [-0.4, -0.2) is 25.6 Å². The fourth-order valence-corrected chi connectivity index (χ4v) is 6.91. The summed E-state index contributed by atoms with van der Waals surface area (Å²) in [4.78, 5) is 12.5. The quantitative estimate of drug-likeness (QED) is 0.322. The second kappa shape index (κ2) is 9.58. The number of ketones is 1. The molecule has 2 rings (SSSR count). The van der Waals surface area contributed by atoms with Gasteiger partial charge in [-0.3, -0.25) is 4.79 Å². The van der Waals surface area contributed by atoms with Gasteiger partial charge in [0.25, 0.3) is 0 Å². The van der Waals surface area contributed by atoms with Gasteiger partial charge in [0, 0.05) is 11.6 Å². The van der Waals surface area contributed by atoms with E-state index < -0.39 is 8.07 Å². The number of ether oxygens (including phenoxy) is 1. The number of rotatable bonds is 10. The third-order valence-electron chi connectivity index (χ3n) is 5.62. The number of phenols is 1. The Morgan fingerprint density at radius 2 is 1.65 bits per heavy atom. The number of hydrogen-bond donors (Lipinski definition) is 1. The summed E-state index contributed by atoms with van der Waals surface area (Å²) in [6, 6.07) is 19.2. The fraction of sp³-hybridized carbons (Fsp3) is 0.409. The van der Waals surface area contributed by atoms with Crippen LogP contribution in [0.4, 0.5) is 0 Å². The van der Waals surface area contributed by atoms with E-state index in [9.17, 15) is 9.90 Å². The predicted molar refractivity (Wildman–Crippen MR) is 110 cm³/mol. The van der Waals surface area contributed by atoms with Crippen molar-refractivity contribution in [3.05, 3.63) is 59.7 Å². The molecular formula is C22H30O3Si. The van der Waals surface area contributed by atoms with Gasteiger partial charge in [-0.1, -0.05) is 75.3 Å². The smallest absolute Gasteiger partial charge is 0.196 e. The molecule has 0 aliphatic carbocycles. The normalized spacial score (nSPS) is 11.3. The van der Waals surface area contributed by atoms with Gasteiger partial charge >= 0.3 is 0 Å². The van der Waals surface area contributed by atoms with Crippen molar-refractivity contribution < 1.29 is 14.6 Å². The summed E-state index contributed by atoms with van der Waals surface area (Å²) in [6.07, 6.45) is 1.05. The minimum Gasteiger partial charge on any atom is -0.507 e. The predicted octanol–water partition coefficient (Wildman–Crippen LogP) is 5.90. The maximum atomic E-state index is 12.5. The summed E-state index contributed by atoms with van der Waals surface area (Å²) in [5.74, 6) is 0.402. The molecular weight excluding hydrogens is 340 g/mol. The molecule has 4 heteroatoms. The molecule has 140 valence electrons. The lowest BCUT2D eigenvalue weighted by molar-refractivity contribution is 0.103. The molecule has 0 atom stereocenters. The van der Waals surface area contributed by atoms with Gasteiger partial charge < -0.3 is 9.84 Å². The molecule has 0 bridgehead atoms. The molecule has 0 heterocycles. The standard InChI is InChI=1S/C22H30O3Si/c1-4-26(5-2,6-3)16-10-15-25-19-13-14-20(21(23)17-19)22(24)18-11-8-7-9-12-18/h7-9,11-14,17,23H,4-6,10,15-16H2,1-3H3. The first-order valence-electron chi connectivity index (χ1n) is 9.60. The van der Waals surface area contributed by atoms with Crippen molar-refractivity contribution in [1.82, 2.24) is 0 Å². The van der Waals surface area contributed by atoms with Crippen LogP contribution in [0.3, 0.4) is 0 Å². The second-order valence-electron chi connectivity index (χ2n) is 6.89. The number of benzene rings is 2. The van der Waals surface area contributed by atoms with Gasteiger partial charge in [0.2, 0.25) is 0 Å². The highest BCUT2D eigenvalue weighted by Crippen LogP contribution is 2.28. The summed E-state index contributed by atoms with van der Waals surface area (Å²) in [7, 11) is -1.10. The molecule has 1 N–H and O–H groups in total. The number of phenolic OH excluding ortho intramolecular Hbond substituents is 1. The minimum atomic E-state index is -1.10. The molecule has 0 saturated carbocycles. The van der Waals surface area contributed by atoms with Gasteiger partial charge in [-0.15, -0.1) is 0 Å². The SMILES string of the molecule is CC[Si](CC)(CC)CCCOc1ccc(C(=O)c2ccccc2)c(O)c1. The monoisotopic (exact) mass is 370 g/mol. The average Bonchev–Trinajstić information content (AvgIpc) is 2.69. The Kier molecular flexibility index (Phi) is 7.46. The third kappa shape index (κ3) is 4.98. The van der Waals surface area contributed by atoms with Crippen LogP contribution in [0.25, 0.3) is 0 Å². The van der Waals surface area contributed by atoms with Crippen LogP contribution in [0.5, 0.6) is 11.5 Å². The largest absolute Gasteiger partial charge is 0.507 e. The molecule has 0 spiro atoms. The van der Waals surface area contributed by atoms with Gasteiger partial charge in [-0.25, -0.2) is 0 Å². The van der Waals surface area contributed by atoms with Gasteiger partial charge in [-0.05, 0) is 18.6 Å². The van der Waals surface area contributed by atoms with Crippen LogP contribution >= 0.6 is 0 Å². The van der Waals surface area contributed by atoms with Gasteiger partial charge in [0.05, 0.1) is 20.2 Å². The Labute approximate surface area is 158 Å². The molecule has 3 nitrogen and oxygen atoms in total. The lowest BCUT2D eigenvalue weighted by Crippen LogP contribution is -2.31. The molecule has 0 saturated heterocycles. The molecule has 0 aromatic heterocycles. The Hall–Kier alpha value is -2.07. The molecule has 0 radical (unpaired) electrons. The van der Waals surface area contributed by atoms with E-state index in [0.717, 1.165) is 6.42 Å². The van der Waals surface area contributed by atoms with E-state index in [4.69, 9.17) is 4.74 Å². The van der Waals surface area contributed by atoms with E-state index >= 15 is 0 Å². The highest BCUT2D eigenvalue weighted by molar-refractivity contribution is 6.79. The van der Waals surface area contributed by atoms with E-state index in [1.54, 1.807) is 30.3 Å². The minimum absolute atomic E-state index is 0.0317. The lowest BCUT2D eigenvalue weighted by Gasteiger charge is -2.27. The number of aromatic hydroxyl groups is 1. The van der Waals surface area contributed by atoms with E-state index in [-0.39, 0.29) is 11.5 Å². The summed E-state index contributed by atoms with van der Waals surface area (Å²) in [6.45, 7) is 7.61. The summed E-state index contributed by atoms with van der Waals surface area (Å²) in [5, 5.41) is 10.2. The Morgan fingerprint density at radius 1 is 1.00 bits per heavy atom. The fourth-order valence-electron chi connectivity index (χ4n) is 3.46. The van der Waals surface area contributed by atoms with Crippen molar-refractivity contribution in [3.8, 4) is 11.5 Å². The van der Waals surface area contributed by atoms with Crippen LogP contribution in [0.15, 0.2) is 48.5 Å². The van der Waals surface area contributed by atoms with Crippen molar-refractivity contribution in [2.75, 3.05) is 6.61 Å². The Balaban J connectivity index is 1.94. The second-order valence-corrected chi connectivity index (χ2v) is 12.5. The van der Waals surface area contributed by atoms with Crippen molar-refractivity contribution >= 4 is 13.9 Å². The molecule has 0 fully saturated rings. The molecule has 0 aliphatic rings. The topological polar surface area (TPSA) is 46.5 Å². The maximum absolute atomic E-state index is 12.5. The van der Waals surface area contributed by atoms with Crippen LogP contribution in [-0.2, 0) is 0 Å². The third-order valence-corrected chi connectivity index (χ3v) is 11.5. The van der Waals surface area contributed by atoms with E-state index in [1.165, 1.54) is 24.2 Å². The zero-order valence-corrected chi connectivity index (χ0v) is 17.1. The van der Waals surface area contributed by atoms with Crippen LogP contribution in [0.2, 0.25) is 24.2 Å². The van der Waals surface area contributed by atoms with E-state index in [2.05, 4.69) is 20.8 Å². The molecule has 0 amide bonds. The maximum Gasteiger partial charge on any atom is 0.196 e. The van der Waals surface area contributed by atoms with Crippen molar-refractivity contribution in [1.29, 1.82) is 0 Å². The van der Waals surface area contributed by atoms with Gasteiger partial charge in [-0.2, -0.15) is 0 Å². The van der Waals surface area contributed by atoms with Crippen LogP contribution < -0.4 is 4.74 Å². The Bertz CT molecular complexity index is 700.